The highest BCUT2D eigenvalue weighted by atomic mass is 35.5. The van der Waals surface area contributed by atoms with Crippen LogP contribution in [0.2, 0.25) is 5.02 Å². The van der Waals surface area contributed by atoms with Crippen LogP contribution in [0.25, 0.3) is 0 Å². The summed E-state index contributed by atoms with van der Waals surface area (Å²) in [5, 5.41) is 14.4. The van der Waals surface area contributed by atoms with Gasteiger partial charge in [0.1, 0.15) is 5.75 Å². The minimum absolute atomic E-state index is 0.193. The van der Waals surface area contributed by atoms with Gasteiger partial charge in [0.15, 0.2) is 6.10 Å². The van der Waals surface area contributed by atoms with Crippen LogP contribution in [0.15, 0.2) is 47.5 Å². The first kappa shape index (κ1) is 18.8. The summed E-state index contributed by atoms with van der Waals surface area (Å²) in [7, 11) is 0. The number of nitrogens with zero attached hydrogens (tertiary/aromatic N) is 2. The summed E-state index contributed by atoms with van der Waals surface area (Å²) in [6, 6.07) is 12.0. The van der Waals surface area contributed by atoms with E-state index in [1.54, 1.807) is 56.3 Å². The molecule has 1 aliphatic rings. The summed E-state index contributed by atoms with van der Waals surface area (Å²) in [6.07, 6.45) is -0.702. The van der Waals surface area contributed by atoms with Crippen LogP contribution in [0.1, 0.15) is 13.8 Å². The summed E-state index contributed by atoms with van der Waals surface area (Å²) in [5.74, 6) is 0.293. The molecule has 3 N–H and O–H groups in total. The second-order valence-electron chi connectivity index (χ2n) is 5.68. The number of hydrogen-bond donors (Lipinski definition) is 3. The van der Waals surface area contributed by atoms with Gasteiger partial charge in [-0.1, -0.05) is 11.6 Å². The molecule has 2 aromatic carbocycles. The van der Waals surface area contributed by atoms with Gasteiger partial charge in [0.2, 0.25) is 5.96 Å². The summed E-state index contributed by atoms with van der Waals surface area (Å²) < 4.78 is 10.4. The molecule has 0 bridgehead atoms. The van der Waals surface area contributed by atoms with E-state index in [9.17, 15) is 10.0 Å². The van der Waals surface area contributed by atoms with Crippen LogP contribution in [0.3, 0.4) is 0 Å². The molecule has 1 atom stereocenters. The van der Waals surface area contributed by atoms with Gasteiger partial charge in [0, 0.05) is 10.7 Å². The van der Waals surface area contributed by atoms with Crippen LogP contribution >= 0.6 is 11.6 Å². The predicted molar refractivity (Wildman–Crippen MR) is 103 cm³/mol. The maximum absolute atomic E-state index is 11.6. The quantitative estimate of drug-likeness (QED) is 0.668. The first-order valence-electron chi connectivity index (χ1n) is 8.30. The number of hydrogen-bond acceptors (Lipinski definition) is 8. The number of halogens is 1. The monoisotopic (exact) mass is 390 g/mol. The second kappa shape index (κ2) is 8.15. The van der Waals surface area contributed by atoms with Crippen molar-refractivity contribution >= 4 is 40.6 Å². The number of rotatable bonds is 5. The highest BCUT2D eigenvalue weighted by Crippen LogP contribution is 2.31. The number of carbonyl (C=O) groups excluding carboxylic acids is 1. The second-order valence-corrected chi connectivity index (χ2v) is 6.12. The average Bonchev–Trinajstić information content (AvgIpc) is 2.64. The number of fused-ring (bicyclic) bond motifs is 1. The number of ether oxygens (including phenoxy) is 2. The van der Waals surface area contributed by atoms with Crippen LogP contribution < -0.4 is 15.5 Å². The Morgan fingerprint density at radius 1 is 1.33 bits per heavy atom. The first-order valence-corrected chi connectivity index (χ1v) is 8.68. The van der Waals surface area contributed by atoms with Gasteiger partial charge in [0.05, 0.1) is 18.0 Å². The van der Waals surface area contributed by atoms with Gasteiger partial charge in [-0.05, 0) is 56.3 Å². The van der Waals surface area contributed by atoms with Gasteiger partial charge >= 0.3 is 5.97 Å². The summed E-state index contributed by atoms with van der Waals surface area (Å²) in [6.45, 7) is 3.67. The Morgan fingerprint density at radius 2 is 2.07 bits per heavy atom. The average molecular weight is 391 g/mol. The van der Waals surface area contributed by atoms with Gasteiger partial charge < -0.3 is 14.8 Å². The molecule has 3 rings (SSSR count). The lowest BCUT2D eigenvalue weighted by atomic mass is 10.2. The molecular weight excluding hydrogens is 372 g/mol. The van der Waals surface area contributed by atoms with Gasteiger partial charge in [-0.3, -0.25) is 10.6 Å². The molecule has 0 amide bonds. The molecule has 142 valence electrons. The Kier molecular flexibility index (Phi) is 5.68. The van der Waals surface area contributed by atoms with Gasteiger partial charge in [-0.25, -0.2) is 9.79 Å². The molecule has 9 heteroatoms. The van der Waals surface area contributed by atoms with Crippen LogP contribution in [0, 0.1) is 0 Å². The number of carbonyl (C=O) groups is 1. The fraction of sp³-hybridized carbons (Fsp3) is 0.222. The largest absolute Gasteiger partial charge is 0.479 e. The predicted octanol–water partition coefficient (Wildman–Crippen LogP) is 3.80. The van der Waals surface area contributed by atoms with Crippen LogP contribution in [0.4, 0.5) is 17.1 Å². The van der Waals surface area contributed by atoms with Crippen molar-refractivity contribution < 1.29 is 19.5 Å². The zero-order chi connectivity index (χ0) is 19.4. The number of esters is 1. The van der Waals surface area contributed by atoms with Crippen molar-refractivity contribution in [3.8, 4) is 5.75 Å². The van der Waals surface area contributed by atoms with E-state index in [2.05, 4.69) is 15.7 Å². The minimum Gasteiger partial charge on any atom is -0.479 e. The Labute approximate surface area is 161 Å². The molecule has 1 heterocycles. The van der Waals surface area contributed by atoms with E-state index in [0.29, 0.717) is 34.4 Å². The summed E-state index contributed by atoms with van der Waals surface area (Å²) in [5.41, 5.74) is 4.66. The zero-order valence-corrected chi connectivity index (χ0v) is 15.5. The normalized spacial score (nSPS) is 13.8. The number of anilines is 2. The molecule has 0 aromatic heterocycles. The lowest BCUT2D eigenvalue weighted by molar-refractivity contribution is -0.150. The van der Waals surface area contributed by atoms with Crippen LogP contribution in [-0.4, -0.2) is 35.0 Å². The fourth-order valence-corrected chi connectivity index (χ4v) is 2.53. The number of hydroxylamine groups is 1. The molecule has 0 radical (unpaired) electrons. The van der Waals surface area contributed by atoms with Crippen molar-refractivity contribution in [2.45, 2.75) is 20.0 Å². The molecule has 0 saturated carbocycles. The third kappa shape index (κ3) is 4.60. The standard InChI is InChI=1S/C18H19ClN4O4/c1-3-26-17(24)11(2)27-14-7-5-13(6-8-14)20-18-21-15-9-4-12(19)10-16(15)22-23(18)25/h4-11,22,25H,3H2,1-2H3,(H,20,21). The number of hydrazine groups is 1. The third-order valence-electron chi connectivity index (χ3n) is 3.65. The molecule has 0 fully saturated rings. The molecule has 27 heavy (non-hydrogen) atoms. The smallest absolute Gasteiger partial charge is 0.347 e. The molecule has 0 aliphatic carbocycles. The molecular formula is C18H19ClN4O4. The minimum atomic E-state index is -0.702. The maximum atomic E-state index is 11.6. The van der Waals surface area contributed by atoms with E-state index in [1.165, 1.54) is 0 Å². The molecule has 2 aromatic rings. The van der Waals surface area contributed by atoms with E-state index >= 15 is 0 Å². The summed E-state index contributed by atoms with van der Waals surface area (Å²) in [4.78, 5) is 16.0. The fourth-order valence-electron chi connectivity index (χ4n) is 2.36. The van der Waals surface area contributed by atoms with E-state index in [1.807, 2.05) is 0 Å². The molecule has 1 unspecified atom stereocenters. The van der Waals surface area contributed by atoms with E-state index < -0.39 is 12.1 Å². The summed E-state index contributed by atoms with van der Waals surface area (Å²) >= 11 is 5.93. The van der Waals surface area contributed by atoms with Crippen molar-refractivity contribution in [2.75, 3.05) is 17.3 Å². The number of benzene rings is 2. The van der Waals surface area contributed by atoms with Gasteiger partial charge in [0.25, 0.3) is 0 Å². The van der Waals surface area contributed by atoms with Crippen molar-refractivity contribution in [1.29, 1.82) is 0 Å². The van der Waals surface area contributed by atoms with Gasteiger partial charge in [-0.15, -0.1) is 5.17 Å². The van der Waals surface area contributed by atoms with Gasteiger partial charge in [-0.2, -0.15) is 0 Å². The Hall–Kier alpha value is -2.97. The number of aliphatic imine (C=N–C) groups is 1. The van der Waals surface area contributed by atoms with Crippen molar-refractivity contribution in [3.05, 3.63) is 47.5 Å². The Morgan fingerprint density at radius 3 is 2.78 bits per heavy atom. The lowest BCUT2D eigenvalue weighted by Crippen LogP contribution is -2.39. The van der Waals surface area contributed by atoms with Crippen molar-refractivity contribution in [3.63, 3.8) is 0 Å². The molecule has 0 saturated heterocycles. The Balaban J connectivity index is 1.68. The van der Waals surface area contributed by atoms with Crippen molar-refractivity contribution in [1.82, 2.24) is 5.17 Å². The van der Waals surface area contributed by atoms with E-state index in [0.717, 1.165) is 5.17 Å². The molecule has 1 aliphatic heterocycles. The Bertz CT molecular complexity index is 857. The van der Waals surface area contributed by atoms with E-state index in [4.69, 9.17) is 21.1 Å². The SMILES string of the molecule is CCOC(=O)C(C)Oc1ccc(NC2=Nc3ccc(Cl)cc3NN2O)cc1. The topological polar surface area (TPSA) is 95.4 Å². The van der Waals surface area contributed by atoms with Crippen LogP contribution in [0.5, 0.6) is 5.75 Å². The van der Waals surface area contributed by atoms with E-state index in [-0.39, 0.29) is 5.96 Å². The highest BCUT2D eigenvalue weighted by Gasteiger charge is 2.19. The lowest BCUT2D eigenvalue weighted by Gasteiger charge is -2.26. The highest BCUT2D eigenvalue weighted by molar-refractivity contribution is 6.31. The molecule has 8 nitrogen and oxygen atoms in total. The number of nitrogens with one attached hydrogen (secondary N) is 2. The molecule has 0 spiro atoms. The third-order valence-corrected chi connectivity index (χ3v) is 3.89. The first-order chi connectivity index (χ1) is 13.0. The zero-order valence-electron chi connectivity index (χ0n) is 14.8. The maximum Gasteiger partial charge on any atom is 0.347 e. The van der Waals surface area contributed by atoms with Crippen LogP contribution in [-0.2, 0) is 9.53 Å². The van der Waals surface area contributed by atoms with Crippen molar-refractivity contribution in [2.24, 2.45) is 4.99 Å². The number of guanidine groups is 1.